The molecule has 0 atom stereocenters. The summed E-state index contributed by atoms with van der Waals surface area (Å²) in [5.74, 6) is 0.582. The summed E-state index contributed by atoms with van der Waals surface area (Å²) >= 11 is 0. The Morgan fingerprint density at radius 1 is 1.23 bits per heavy atom. The van der Waals surface area contributed by atoms with Gasteiger partial charge in [-0.2, -0.15) is 5.10 Å². The summed E-state index contributed by atoms with van der Waals surface area (Å²) in [7, 11) is 1.92. The molecular formula is C20H21N5O. The molecule has 0 fully saturated rings. The number of para-hydroxylation sites is 1. The van der Waals surface area contributed by atoms with E-state index >= 15 is 0 Å². The molecule has 6 heteroatoms. The van der Waals surface area contributed by atoms with Gasteiger partial charge >= 0.3 is 0 Å². The molecule has 1 aromatic carbocycles. The lowest BCUT2D eigenvalue weighted by atomic mass is 10.1. The van der Waals surface area contributed by atoms with E-state index in [1.807, 2.05) is 54.0 Å². The Morgan fingerprint density at radius 2 is 2.08 bits per heavy atom. The first-order chi connectivity index (χ1) is 12.6. The molecule has 1 aliphatic rings. The second kappa shape index (κ2) is 6.63. The van der Waals surface area contributed by atoms with Crippen molar-refractivity contribution in [3.8, 4) is 0 Å². The Hall–Kier alpha value is -3.15. The molecule has 0 bridgehead atoms. The predicted molar refractivity (Wildman–Crippen MR) is 101 cm³/mol. The van der Waals surface area contributed by atoms with Crippen molar-refractivity contribution < 1.29 is 4.79 Å². The summed E-state index contributed by atoms with van der Waals surface area (Å²) in [6, 6.07) is 11.7. The average Bonchev–Trinajstić information content (AvgIpc) is 3.24. The number of amides is 1. The van der Waals surface area contributed by atoms with Crippen LogP contribution in [0.2, 0.25) is 0 Å². The van der Waals surface area contributed by atoms with Crippen LogP contribution in [-0.2, 0) is 20.0 Å². The Labute approximate surface area is 152 Å². The number of nitrogens with zero attached hydrogens (tertiary/aromatic N) is 4. The van der Waals surface area contributed by atoms with Gasteiger partial charge in [0.15, 0.2) is 0 Å². The van der Waals surface area contributed by atoms with E-state index in [0.29, 0.717) is 24.5 Å². The van der Waals surface area contributed by atoms with Crippen LogP contribution in [0.3, 0.4) is 0 Å². The number of hydrogen-bond donors (Lipinski definition) is 1. The molecule has 3 aromatic rings. The van der Waals surface area contributed by atoms with E-state index in [-0.39, 0.29) is 5.91 Å². The lowest BCUT2D eigenvalue weighted by molar-refractivity contribution is 0.0990. The standard InChI is InChI=1S/C20H21N5O/c1-14-16(13-23-24(14)2)12-22-19-17(7-5-10-21-19)20(26)25-11-9-15-6-3-4-8-18(15)25/h3-8,10,13H,9,11-12H2,1-2H3,(H,21,22). The van der Waals surface area contributed by atoms with Crippen molar-refractivity contribution in [3.05, 3.63) is 71.2 Å². The van der Waals surface area contributed by atoms with E-state index in [4.69, 9.17) is 0 Å². The Bertz CT molecular complexity index is 962. The maximum Gasteiger partial charge on any atom is 0.262 e. The van der Waals surface area contributed by atoms with Gasteiger partial charge in [-0.15, -0.1) is 0 Å². The zero-order valence-electron chi connectivity index (χ0n) is 14.9. The van der Waals surface area contributed by atoms with E-state index in [0.717, 1.165) is 23.4 Å². The summed E-state index contributed by atoms with van der Waals surface area (Å²) in [5.41, 5.74) is 4.98. The van der Waals surface area contributed by atoms with Gasteiger partial charge in [-0.25, -0.2) is 4.98 Å². The first-order valence-corrected chi connectivity index (χ1v) is 8.71. The first kappa shape index (κ1) is 16.3. The number of carbonyl (C=O) groups is 1. The molecule has 0 saturated heterocycles. The quantitative estimate of drug-likeness (QED) is 0.788. The second-order valence-corrected chi connectivity index (χ2v) is 6.47. The van der Waals surface area contributed by atoms with Crippen LogP contribution in [0.5, 0.6) is 0 Å². The largest absolute Gasteiger partial charge is 0.365 e. The number of carbonyl (C=O) groups excluding carboxylic acids is 1. The lowest BCUT2D eigenvalue weighted by Gasteiger charge is -2.19. The van der Waals surface area contributed by atoms with Gasteiger partial charge in [0.1, 0.15) is 5.82 Å². The number of aromatic nitrogens is 3. The highest BCUT2D eigenvalue weighted by Crippen LogP contribution is 2.30. The zero-order valence-corrected chi connectivity index (χ0v) is 14.9. The van der Waals surface area contributed by atoms with E-state index in [9.17, 15) is 4.79 Å². The number of fused-ring (bicyclic) bond motifs is 1. The highest BCUT2D eigenvalue weighted by molar-refractivity contribution is 6.10. The SMILES string of the molecule is Cc1c(CNc2ncccc2C(=O)N2CCc3ccccc32)cnn1C. The molecule has 1 aliphatic heterocycles. The fourth-order valence-corrected chi connectivity index (χ4v) is 3.31. The molecule has 1 N–H and O–H groups in total. The van der Waals surface area contributed by atoms with Crippen LogP contribution in [0, 0.1) is 6.92 Å². The molecule has 6 nitrogen and oxygen atoms in total. The third-order valence-corrected chi connectivity index (χ3v) is 4.95. The molecule has 4 rings (SSSR count). The lowest BCUT2D eigenvalue weighted by Crippen LogP contribution is -2.29. The van der Waals surface area contributed by atoms with Gasteiger partial charge in [0, 0.05) is 43.3 Å². The fourth-order valence-electron chi connectivity index (χ4n) is 3.31. The van der Waals surface area contributed by atoms with Crippen molar-refractivity contribution in [2.24, 2.45) is 7.05 Å². The Morgan fingerprint density at radius 3 is 2.88 bits per heavy atom. The average molecular weight is 347 g/mol. The smallest absolute Gasteiger partial charge is 0.262 e. The summed E-state index contributed by atoms with van der Waals surface area (Å²) in [4.78, 5) is 19.4. The molecular weight excluding hydrogens is 326 g/mol. The highest BCUT2D eigenvalue weighted by Gasteiger charge is 2.27. The third-order valence-electron chi connectivity index (χ3n) is 4.95. The molecule has 3 heterocycles. The van der Waals surface area contributed by atoms with Crippen molar-refractivity contribution in [2.75, 3.05) is 16.8 Å². The maximum absolute atomic E-state index is 13.1. The van der Waals surface area contributed by atoms with Gasteiger partial charge < -0.3 is 10.2 Å². The van der Waals surface area contributed by atoms with Gasteiger partial charge in [0.05, 0.1) is 11.8 Å². The Balaban J connectivity index is 1.58. The minimum absolute atomic E-state index is 0.0199. The number of nitrogens with one attached hydrogen (secondary N) is 1. The molecule has 132 valence electrons. The fraction of sp³-hybridized carbons (Fsp3) is 0.250. The number of benzene rings is 1. The predicted octanol–water partition coefficient (Wildman–Crippen LogP) is 2.94. The summed E-state index contributed by atoms with van der Waals surface area (Å²) in [6.07, 6.45) is 4.43. The topological polar surface area (TPSA) is 63.1 Å². The maximum atomic E-state index is 13.1. The van der Waals surface area contributed by atoms with Crippen LogP contribution in [0.1, 0.15) is 27.2 Å². The molecule has 0 radical (unpaired) electrons. The van der Waals surface area contributed by atoms with Gasteiger partial charge in [-0.05, 0) is 37.1 Å². The molecule has 1 amide bonds. The van der Waals surface area contributed by atoms with Crippen molar-refractivity contribution in [1.29, 1.82) is 0 Å². The van der Waals surface area contributed by atoms with Crippen LogP contribution in [0.25, 0.3) is 0 Å². The number of aryl methyl sites for hydroxylation is 1. The monoisotopic (exact) mass is 347 g/mol. The molecule has 2 aromatic heterocycles. The number of rotatable bonds is 4. The van der Waals surface area contributed by atoms with E-state index in [1.54, 1.807) is 12.3 Å². The van der Waals surface area contributed by atoms with Gasteiger partial charge in [0.2, 0.25) is 0 Å². The van der Waals surface area contributed by atoms with Crippen LogP contribution < -0.4 is 10.2 Å². The van der Waals surface area contributed by atoms with Crippen molar-refractivity contribution in [2.45, 2.75) is 19.9 Å². The summed E-state index contributed by atoms with van der Waals surface area (Å²) in [5, 5.41) is 7.56. The normalized spacial score (nSPS) is 12.9. The third kappa shape index (κ3) is 2.83. The van der Waals surface area contributed by atoms with Crippen molar-refractivity contribution >= 4 is 17.4 Å². The molecule has 0 unspecified atom stereocenters. The van der Waals surface area contributed by atoms with E-state index < -0.39 is 0 Å². The minimum Gasteiger partial charge on any atom is -0.365 e. The van der Waals surface area contributed by atoms with Crippen LogP contribution >= 0.6 is 0 Å². The molecule has 0 saturated carbocycles. The summed E-state index contributed by atoms with van der Waals surface area (Å²) < 4.78 is 1.84. The number of pyridine rings is 1. The first-order valence-electron chi connectivity index (χ1n) is 8.71. The van der Waals surface area contributed by atoms with Crippen LogP contribution in [0.15, 0.2) is 48.8 Å². The van der Waals surface area contributed by atoms with Crippen LogP contribution in [0.4, 0.5) is 11.5 Å². The van der Waals surface area contributed by atoms with E-state index in [1.165, 1.54) is 5.56 Å². The highest BCUT2D eigenvalue weighted by atomic mass is 16.2. The van der Waals surface area contributed by atoms with Gasteiger partial charge in [-0.1, -0.05) is 18.2 Å². The number of anilines is 2. The van der Waals surface area contributed by atoms with Crippen LogP contribution in [-0.4, -0.2) is 27.2 Å². The van der Waals surface area contributed by atoms with E-state index in [2.05, 4.69) is 21.5 Å². The zero-order chi connectivity index (χ0) is 18.1. The number of hydrogen-bond acceptors (Lipinski definition) is 4. The molecule has 0 spiro atoms. The van der Waals surface area contributed by atoms with Gasteiger partial charge in [-0.3, -0.25) is 9.48 Å². The summed E-state index contributed by atoms with van der Waals surface area (Å²) in [6.45, 7) is 3.30. The minimum atomic E-state index is -0.0199. The van der Waals surface area contributed by atoms with Gasteiger partial charge in [0.25, 0.3) is 5.91 Å². The molecule has 0 aliphatic carbocycles. The van der Waals surface area contributed by atoms with Crippen molar-refractivity contribution in [1.82, 2.24) is 14.8 Å². The Kier molecular flexibility index (Phi) is 4.16. The van der Waals surface area contributed by atoms with Crippen molar-refractivity contribution in [3.63, 3.8) is 0 Å². The molecule has 26 heavy (non-hydrogen) atoms. The second-order valence-electron chi connectivity index (χ2n) is 6.47.